The number of hydrogen-bond acceptors (Lipinski definition) is 10. The minimum absolute atomic E-state index is 0.0340. The minimum Gasteiger partial charge on any atom is -0.497 e. The van der Waals surface area contributed by atoms with Crippen LogP contribution in [0.1, 0.15) is 29.9 Å². The van der Waals surface area contributed by atoms with Gasteiger partial charge in [-0.15, -0.1) is 5.10 Å². The van der Waals surface area contributed by atoms with E-state index in [1.54, 1.807) is 24.3 Å². The molecule has 0 aliphatic heterocycles. The first kappa shape index (κ1) is 27.6. The molecule has 2 aromatic carbocycles. The third-order valence-electron chi connectivity index (χ3n) is 5.54. The maximum atomic E-state index is 15.9. The first-order valence-electron chi connectivity index (χ1n) is 11.8. The van der Waals surface area contributed by atoms with E-state index in [1.807, 2.05) is 0 Å². The number of nitrogens with zero attached hydrogens (tertiary/aromatic N) is 3. The van der Waals surface area contributed by atoms with Crippen LogP contribution in [-0.4, -0.2) is 56.9 Å². The molecule has 4 rings (SSSR count). The number of rotatable bonds is 11. The highest BCUT2D eigenvalue weighted by Crippen LogP contribution is 2.35. The Bertz CT molecular complexity index is 1650. The average molecular weight is 553 g/mol. The molecule has 0 radical (unpaired) electrons. The summed E-state index contributed by atoms with van der Waals surface area (Å²) in [7, 11) is 1.38. The Morgan fingerprint density at radius 3 is 2.62 bits per heavy atom. The van der Waals surface area contributed by atoms with Crippen molar-refractivity contribution in [2.24, 2.45) is 5.73 Å². The molecule has 4 aromatic rings. The number of halogens is 1. The number of carbonyl (C=O) groups is 1. The number of amidine groups is 1. The molecule has 0 amide bonds. The number of aromatic nitrogens is 5. The van der Waals surface area contributed by atoms with Crippen LogP contribution >= 0.6 is 0 Å². The first-order chi connectivity index (χ1) is 19.2. The van der Waals surface area contributed by atoms with E-state index in [1.165, 1.54) is 38.6 Å². The number of nitrogens with one attached hydrogen (secondary N) is 4. The number of benzene rings is 2. The van der Waals surface area contributed by atoms with Crippen molar-refractivity contribution in [3.63, 3.8) is 0 Å². The highest BCUT2D eigenvalue weighted by atomic mass is 19.1. The van der Waals surface area contributed by atoms with E-state index in [2.05, 4.69) is 25.4 Å². The molecule has 208 valence electrons. The first-order valence-corrected chi connectivity index (χ1v) is 11.8. The smallest absolute Gasteiger partial charge is 0.349 e. The summed E-state index contributed by atoms with van der Waals surface area (Å²) in [5.41, 5.74) is 4.97. The molecular formula is C25H25FN8O6. The summed E-state index contributed by atoms with van der Waals surface area (Å²) in [5, 5.41) is 14.9. The van der Waals surface area contributed by atoms with E-state index in [0.717, 1.165) is 4.68 Å². The molecule has 0 spiro atoms. The zero-order valence-corrected chi connectivity index (χ0v) is 21.4. The molecule has 0 aliphatic carbocycles. The van der Waals surface area contributed by atoms with Gasteiger partial charge in [0.25, 0.3) is 5.56 Å². The van der Waals surface area contributed by atoms with Crippen molar-refractivity contribution in [3.8, 4) is 17.3 Å². The number of anilines is 1. The highest BCUT2D eigenvalue weighted by molar-refractivity contribution is 5.95. The van der Waals surface area contributed by atoms with Gasteiger partial charge in [0.05, 0.1) is 7.11 Å². The topological polar surface area (TPSA) is 203 Å². The fraction of sp³-hybridized carbons (Fsp3) is 0.200. The molecule has 6 N–H and O–H groups in total. The fourth-order valence-corrected chi connectivity index (χ4v) is 3.68. The van der Waals surface area contributed by atoms with Gasteiger partial charge in [0.2, 0.25) is 5.82 Å². The van der Waals surface area contributed by atoms with Crippen LogP contribution in [0.25, 0.3) is 5.82 Å². The van der Waals surface area contributed by atoms with Crippen molar-refractivity contribution in [1.82, 2.24) is 24.7 Å². The summed E-state index contributed by atoms with van der Waals surface area (Å²) >= 11 is 0. The number of aromatic amines is 2. The minimum atomic E-state index is -1.15. The number of carbonyl (C=O) groups excluding carboxylic acids is 1. The van der Waals surface area contributed by atoms with Crippen LogP contribution in [0.4, 0.5) is 10.1 Å². The summed E-state index contributed by atoms with van der Waals surface area (Å²) < 4.78 is 32.4. The van der Waals surface area contributed by atoms with Gasteiger partial charge < -0.3 is 30.2 Å². The lowest BCUT2D eigenvalue weighted by molar-refractivity contribution is -0.141. The second-order valence-corrected chi connectivity index (χ2v) is 8.25. The summed E-state index contributed by atoms with van der Waals surface area (Å²) in [6.45, 7) is 0.992. The van der Waals surface area contributed by atoms with Crippen molar-refractivity contribution >= 4 is 17.5 Å². The van der Waals surface area contributed by atoms with E-state index in [4.69, 9.17) is 25.4 Å². The number of nitrogens with two attached hydrogens (primary N) is 1. The van der Waals surface area contributed by atoms with Crippen LogP contribution in [0.5, 0.6) is 11.5 Å². The molecule has 1 atom stereocenters. The molecule has 0 aliphatic rings. The van der Waals surface area contributed by atoms with E-state index in [-0.39, 0.29) is 47.8 Å². The summed E-state index contributed by atoms with van der Waals surface area (Å²) in [6, 6.07) is 7.95. The summed E-state index contributed by atoms with van der Waals surface area (Å²) in [5.74, 6) is -1.80. The van der Waals surface area contributed by atoms with Gasteiger partial charge in [0.15, 0.2) is 17.4 Å². The van der Waals surface area contributed by atoms with Crippen molar-refractivity contribution in [1.29, 1.82) is 5.41 Å². The molecule has 0 fully saturated rings. The monoisotopic (exact) mass is 552 g/mol. The van der Waals surface area contributed by atoms with Gasteiger partial charge in [-0.2, -0.15) is 4.68 Å². The van der Waals surface area contributed by atoms with Crippen molar-refractivity contribution < 1.29 is 23.4 Å². The molecule has 2 heterocycles. The largest absolute Gasteiger partial charge is 0.497 e. The Morgan fingerprint density at radius 2 is 1.98 bits per heavy atom. The molecular weight excluding hydrogens is 527 g/mol. The van der Waals surface area contributed by atoms with E-state index < -0.39 is 29.1 Å². The normalized spacial score (nSPS) is 11.5. The van der Waals surface area contributed by atoms with Crippen LogP contribution < -0.4 is 31.8 Å². The molecule has 14 nitrogen and oxygen atoms in total. The van der Waals surface area contributed by atoms with Crippen LogP contribution in [0.3, 0.4) is 0 Å². The Morgan fingerprint density at radius 1 is 1.23 bits per heavy atom. The molecule has 0 saturated heterocycles. The predicted molar refractivity (Wildman–Crippen MR) is 141 cm³/mol. The second-order valence-electron chi connectivity index (χ2n) is 8.25. The molecule has 0 bridgehead atoms. The molecule has 40 heavy (non-hydrogen) atoms. The average Bonchev–Trinajstić information content (AvgIpc) is 3.32. The maximum absolute atomic E-state index is 15.9. The van der Waals surface area contributed by atoms with Gasteiger partial charge in [0, 0.05) is 42.2 Å². The third-order valence-corrected chi connectivity index (χ3v) is 5.54. The molecule has 0 saturated carbocycles. The number of nitrogen functional groups attached to an aromatic ring is 1. The van der Waals surface area contributed by atoms with Crippen molar-refractivity contribution in [3.05, 3.63) is 92.4 Å². The Hall–Kier alpha value is -5.47. The predicted octanol–water partition coefficient (Wildman–Crippen LogP) is 1.22. The van der Waals surface area contributed by atoms with Crippen LogP contribution in [-0.2, 0) is 9.53 Å². The highest BCUT2D eigenvalue weighted by Gasteiger charge is 2.27. The maximum Gasteiger partial charge on any atom is 0.349 e. The SMILES string of the molecule is COc1cc(OCCOC(C)=O)c(F)c([C@H](Nc2ccc(C(=N)N)cc2)c2nn(-c3ncc[nH]c3=O)c(=O)[nH]2)c1. The van der Waals surface area contributed by atoms with Crippen LogP contribution in [0.2, 0.25) is 0 Å². The Balaban J connectivity index is 1.80. The fourth-order valence-electron chi connectivity index (χ4n) is 3.68. The van der Waals surface area contributed by atoms with E-state index >= 15 is 4.39 Å². The molecule has 2 aromatic heterocycles. The number of H-pyrrole nitrogens is 2. The number of hydrogen-bond donors (Lipinski definition) is 5. The molecule has 15 heteroatoms. The zero-order valence-electron chi connectivity index (χ0n) is 21.4. The lowest BCUT2D eigenvalue weighted by Gasteiger charge is -2.21. The standard InChI is InChI=1S/C25H25FN8O6/c1-13(35)39-9-10-40-18-12-16(38-2)11-17(19(18)26)20(31-15-5-3-14(4-6-15)21(27)28)22-32-25(37)34(33-22)23-24(36)30-8-7-29-23/h3-8,11-12,20,31H,9-10H2,1-2H3,(H3,27,28)(H,30,36)(H,32,33,37)/t20-/m0/s1. The van der Waals surface area contributed by atoms with Crippen molar-refractivity contribution in [2.75, 3.05) is 25.6 Å². The second kappa shape index (κ2) is 11.9. The third kappa shape index (κ3) is 6.15. The van der Waals surface area contributed by atoms with Crippen molar-refractivity contribution in [2.45, 2.75) is 13.0 Å². The van der Waals surface area contributed by atoms with Gasteiger partial charge in [-0.1, -0.05) is 0 Å². The van der Waals surface area contributed by atoms with Gasteiger partial charge in [0.1, 0.15) is 30.8 Å². The van der Waals surface area contributed by atoms with E-state index in [9.17, 15) is 14.4 Å². The lowest BCUT2D eigenvalue weighted by atomic mass is 10.0. The van der Waals surface area contributed by atoms with Crippen LogP contribution in [0.15, 0.2) is 58.4 Å². The van der Waals surface area contributed by atoms with Gasteiger partial charge in [-0.05, 0) is 30.3 Å². The van der Waals surface area contributed by atoms with Gasteiger partial charge in [-0.3, -0.25) is 20.0 Å². The number of methoxy groups -OCH3 is 1. The van der Waals surface area contributed by atoms with Gasteiger partial charge in [-0.25, -0.2) is 14.2 Å². The van der Waals surface area contributed by atoms with E-state index in [0.29, 0.717) is 11.3 Å². The number of esters is 1. The summed E-state index contributed by atoms with van der Waals surface area (Å²) in [6.07, 6.45) is 2.58. The Kier molecular flexibility index (Phi) is 8.22. The lowest BCUT2D eigenvalue weighted by Crippen LogP contribution is -2.25. The molecule has 0 unspecified atom stereocenters. The quantitative estimate of drug-likeness (QED) is 0.0779. The van der Waals surface area contributed by atoms with Gasteiger partial charge >= 0.3 is 11.7 Å². The zero-order chi connectivity index (χ0) is 28.8. The van der Waals surface area contributed by atoms with Crippen LogP contribution in [0, 0.1) is 11.2 Å². The number of ether oxygens (including phenoxy) is 3. The Labute approximate surface area is 225 Å². The summed E-state index contributed by atoms with van der Waals surface area (Å²) in [4.78, 5) is 45.0.